The van der Waals surface area contributed by atoms with Crippen molar-refractivity contribution in [2.75, 3.05) is 0 Å². The first kappa shape index (κ1) is 21.1. The molecule has 0 aliphatic rings. The number of nitrogens with zero attached hydrogens (tertiary/aromatic N) is 2. The first-order chi connectivity index (χ1) is 12.3. The highest BCUT2D eigenvalue weighted by atomic mass is 35.5. The van der Waals surface area contributed by atoms with Gasteiger partial charge in [0, 0.05) is 27.7 Å². The van der Waals surface area contributed by atoms with Crippen LogP contribution in [0.3, 0.4) is 0 Å². The van der Waals surface area contributed by atoms with Crippen LogP contribution in [0, 0.1) is 13.8 Å². The van der Waals surface area contributed by atoms with Crippen molar-refractivity contribution >= 4 is 17.8 Å². The minimum absolute atomic E-state index is 0.251. The molecule has 1 heterocycles. The Kier molecular flexibility index (Phi) is 5.51. The summed E-state index contributed by atoms with van der Waals surface area (Å²) < 4.78 is 89.9. The Morgan fingerprint density at radius 3 is 2.07 bits per heavy atom. The van der Waals surface area contributed by atoms with Gasteiger partial charge in [-0.15, -0.1) is 0 Å². The fourth-order valence-corrected chi connectivity index (χ4v) is 2.46. The molecule has 11 heteroatoms. The van der Waals surface area contributed by atoms with E-state index >= 15 is 0 Å². The van der Waals surface area contributed by atoms with Gasteiger partial charge in [0.05, 0.1) is 6.21 Å². The van der Waals surface area contributed by atoms with Crippen molar-refractivity contribution in [1.29, 1.82) is 0 Å². The van der Waals surface area contributed by atoms with E-state index in [4.69, 9.17) is 11.6 Å². The number of hydrogen-bond donors (Lipinski definition) is 1. The van der Waals surface area contributed by atoms with Gasteiger partial charge < -0.3 is 4.57 Å². The van der Waals surface area contributed by atoms with Gasteiger partial charge in [-0.3, -0.25) is 0 Å². The van der Waals surface area contributed by atoms with Crippen molar-refractivity contribution in [2.24, 2.45) is 5.10 Å². The molecule has 3 nitrogen and oxygen atoms in total. The summed E-state index contributed by atoms with van der Waals surface area (Å²) in [5.74, 6) is -6.28. The zero-order valence-electron chi connectivity index (χ0n) is 13.9. The second-order valence-corrected chi connectivity index (χ2v) is 6.09. The maximum absolute atomic E-state index is 13.2. The Morgan fingerprint density at radius 2 is 1.56 bits per heavy atom. The Hall–Kier alpha value is -2.23. The predicted molar refractivity (Wildman–Crippen MR) is 86.9 cm³/mol. The Labute approximate surface area is 154 Å². The standard InChI is InChI=1S/C16H13ClF7N3/c1-9-7-11(10(2)27(9)13-5-3-12(17)4-6-13)8-25-26-16(23,24)14(18,19)15(20,21)22/h3-8,26H,1-2H3/b25-8-. The first-order valence-electron chi connectivity index (χ1n) is 7.35. The third-order valence-electron chi connectivity index (χ3n) is 3.71. The van der Waals surface area contributed by atoms with E-state index in [1.807, 2.05) is 0 Å². The summed E-state index contributed by atoms with van der Waals surface area (Å²) in [4.78, 5) is 0. The van der Waals surface area contributed by atoms with E-state index in [-0.39, 0.29) is 5.56 Å². The van der Waals surface area contributed by atoms with Crippen molar-refractivity contribution in [1.82, 2.24) is 9.99 Å². The van der Waals surface area contributed by atoms with Crippen LogP contribution >= 0.6 is 11.6 Å². The van der Waals surface area contributed by atoms with Crippen LogP contribution in [0.15, 0.2) is 35.4 Å². The van der Waals surface area contributed by atoms with Crippen molar-refractivity contribution in [3.05, 3.63) is 52.3 Å². The second-order valence-electron chi connectivity index (χ2n) is 5.65. The zero-order chi connectivity index (χ0) is 20.6. The van der Waals surface area contributed by atoms with Crippen LogP contribution in [0.2, 0.25) is 5.02 Å². The highest BCUT2D eigenvalue weighted by Gasteiger charge is 2.73. The fraction of sp³-hybridized carbons (Fsp3) is 0.312. The number of rotatable bonds is 5. The number of benzene rings is 1. The van der Waals surface area contributed by atoms with Gasteiger partial charge in [0.1, 0.15) is 0 Å². The van der Waals surface area contributed by atoms with Crippen LogP contribution in [0.1, 0.15) is 17.0 Å². The smallest absolute Gasteiger partial charge is 0.318 e. The van der Waals surface area contributed by atoms with E-state index in [1.165, 1.54) is 6.07 Å². The number of hydrogen-bond acceptors (Lipinski definition) is 2. The summed E-state index contributed by atoms with van der Waals surface area (Å²) in [6, 6.07) is 2.55. The van der Waals surface area contributed by atoms with Gasteiger partial charge in [-0.2, -0.15) is 35.8 Å². The molecule has 0 radical (unpaired) electrons. The minimum atomic E-state index is -6.43. The Morgan fingerprint density at radius 1 is 1.00 bits per heavy atom. The topological polar surface area (TPSA) is 29.3 Å². The molecule has 1 aromatic heterocycles. The van der Waals surface area contributed by atoms with Gasteiger partial charge >= 0.3 is 18.1 Å². The average Bonchev–Trinajstić information content (AvgIpc) is 2.81. The highest BCUT2D eigenvalue weighted by Crippen LogP contribution is 2.45. The number of aryl methyl sites for hydroxylation is 1. The molecule has 148 valence electrons. The van der Waals surface area contributed by atoms with E-state index in [0.717, 1.165) is 6.21 Å². The molecule has 2 rings (SSSR count). The quantitative estimate of drug-likeness (QED) is 0.299. The van der Waals surface area contributed by atoms with Crippen LogP contribution in [-0.2, 0) is 0 Å². The summed E-state index contributed by atoms with van der Waals surface area (Å²) >= 11 is 5.81. The van der Waals surface area contributed by atoms with Crippen molar-refractivity contribution in [3.8, 4) is 5.69 Å². The molecular weight excluding hydrogens is 403 g/mol. The summed E-state index contributed by atoms with van der Waals surface area (Å²) in [7, 11) is 0. The second kappa shape index (κ2) is 7.06. The molecule has 1 aromatic carbocycles. The maximum atomic E-state index is 13.2. The van der Waals surface area contributed by atoms with Crippen LogP contribution < -0.4 is 5.43 Å². The van der Waals surface area contributed by atoms with Crippen LogP contribution in [-0.4, -0.2) is 28.9 Å². The van der Waals surface area contributed by atoms with Gasteiger partial charge in [0.2, 0.25) is 0 Å². The third-order valence-corrected chi connectivity index (χ3v) is 3.97. The van der Waals surface area contributed by atoms with E-state index in [9.17, 15) is 30.7 Å². The molecule has 0 aliphatic carbocycles. The lowest BCUT2D eigenvalue weighted by atomic mass is 10.2. The molecular formula is C16H13ClF7N3. The lowest BCUT2D eigenvalue weighted by Crippen LogP contribution is -2.58. The molecule has 0 spiro atoms. The van der Waals surface area contributed by atoms with E-state index in [0.29, 0.717) is 27.5 Å². The summed E-state index contributed by atoms with van der Waals surface area (Å²) in [5, 5.41) is 3.38. The van der Waals surface area contributed by atoms with E-state index in [2.05, 4.69) is 5.10 Å². The van der Waals surface area contributed by atoms with Gasteiger partial charge in [0.25, 0.3) is 0 Å². The number of halogens is 8. The monoisotopic (exact) mass is 415 g/mol. The molecule has 0 saturated carbocycles. The number of alkyl halides is 7. The van der Waals surface area contributed by atoms with Crippen molar-refractivity contribution < 1.29 is 30.7 Å². The molecule has 0 unspecified atom stereocenters. The van der Waals surface area contributed by atoms with Crippen molar-refractivity contribution in [2.45, 2.75) is 32.0 Å². The molecule has 0 fully saturated rings. The van der Waals surface area contributed by atoms with Gasteiger partial charge in [-0.1, -0.05) is 11.6 Å². The van der Waals surface area contributed by atoms with Gasteiger partial charge in [0.15, 0.2) is 0 Å². The zero-order valence-corrected chi connectivity index (χ0v) is 14.6. The first-order valence-corrected chi connectivity index (χ1v) is 7.73. The third kappa shape index (κ3) is 4.05. The molecule has 0 atom stereocenters. The lowest BCUT2D eigenvalue weighted by Gasteiger charge is -2.27. The molecule has 0 saturated heterocycles. The van der Waals surface area contributed by atoms with Crippen LogP contribution in [0.25, 0.3) is 5.69 Å². The highest BCUT2D eigenvalue weighted by molar-refractivity contribution is 6.30. The normalized spacial score (nSPS) is 13.4. The van der Waals surface area contributed by atoms with Crippen LogP contribution in [0.4, 0.5) is 30.7 Å². The summed E-state index contributed by atoms with van der Waals surface area (Å²) in [5.41, 5.74) is 2.70. The van der Waals surface area contributed by atoms with E-state index in [1.54, 1.807) is 42.7 Å². The maximum Gasteiger partial charge on any atom is 0.462 e. The Bertz CT molecular complexity index is 839. The molecule has 2 aromatic rings. The average molecular weight is 416 g/mol. The van der Waals surface area contributed by atoms with Crippen molar-refractivity contribution in [3.63, 3.8) is 0 Å². The molecule has 27 heavy (non-hydrogen) atoms. The Balaban J connectivity index is 2.26. The fourth-order valence-electron chi connectivity index (χ4n) is 2.34. The lowest BCUT2D eigenvalue weighted by molar-refractivity contribution is -0.361. The largest absolute Gasteiger partial charge is 0.462 e. The summed E-state index contributed by atoms with van der Waals surface area (Å²) in [6.45, 7) is 3.30. The van der Waals surface area contributed by atoms with E-state index < -0.39 is 18.1 Å². The predicted octanol–water partition coefficient (Wildman–Crippen LogP) is 5.46. The summed E-state index contributed by atoms with van der Waals surface area (Å²) in [6.07, 6.45) is -5.68. The molecule has 0 aliphatic heterocycles. The minimum Gasteiger partial charge on any atom is -0.318 e. The number of aromatic nitrogens is 1. The number of nitrogens with one attached hydrogen (secondary N) is 1. The molecule has 0 bridgehead atoms. The molecule has 0 amide bonds. The number of hydrazone groups is 1. The van der Waals surface area contributed by atoms with Gasteiger partial charge in [-0.05, 0) is 44.2 Å². The van der Waals surface area contributed by atoms with Crippen LogP contribution in [0.5, 0.6) is 0 Å². The van der Waals surface area contributed by atoms with Gasteiger partial charge in [-0.25, -0.2) is 5.43 Å². The molecule has 1 N–H and O–H groups in total. The SMILES string of the molecule is Cc1cc(/C=N\NC(F)(F)C(F)(F)C(F)(F)F)c(C)n1-c1ccc(Cl)cc1.